The lowest BCUT2D eigenvalue weighted by Crippen LogP contribution is -2.39. The van der Waals surface area contributed by atoms with Gasteiger partial charge in [-0.15, -0.1) is 12.4 Å². The number of anilines is 1. The van der Waals surface area contributed by atoms with E-state index in [0.29, 0.717) is 6.54 Å². The first-order chi connectivity index (χ1) is 6.29. The van der Waals surface area contributed by atoms with Crippen LogP contribution in [-0.4, -0.2) is 17.6 Å². The Balaban J connectivity index is 0.000000980. The van der Waals surface area contributed by atoms with E-state index in [1.807, 2.05) is 12.1 Å². The number of nitrogens with zero attached hydrogens (tertiary/aromatic N) is 2. The highest BCUT2D eigenvalue weighted by molar-refractivity contribution is 5.90. The Morgan fingerprint density at radius 2 is 2.36 bits per heavy atom. The molecule has 0 atom stereocenters. The van der Waals surface area contributed by atoms with E-state index in [1.54, 1.807) is 6.20 Å². The highest BCUT2D eigenvalue weighted by Crippen LogP contribution is 2.23. The maximum absolute atomic E-state index is 11.0. The molecule has 1 aliphatic heterocycles. The molecule has 0 saturated heterocycles. The molecule has 0 spiro atoms. The van der Waals surface area contributed by atoms with Gasteiger partial charge in [0.15, 0.2) is 0 Å². The van der Waals surface area contributed by atoms with Gasteiger partial charge in [-0.2, -0.15) is 0 Å². The lowest BCUT2D eigenvalue weighted by molar-refractivity contribution is 0.253. The zero-order valence-corrected chi connectivity index (χ0v) is 8.46. The smallest absolute Gasteiger partial charge is 0.320 e. The Morgan fingerprint density at radius 3 is 3.07 bits per heavy atom. The van der Waals surface area contributed by atoms with E-state index in [2.05, 4.69) is 4.98 Å². The van der Waals surface area contributed by atoms with Gasteiger partial charge < -0.3 is 5.73 Å². The molecule has 0 aromatic carbocycles. The summed E-state index contributed by atoms with van der Waals surface area (Å²) in [4.78, 5) is 16.7. The van der Waals surface area contributed by atoms with Crippen molar-refractivity contribution in [1.29, 1.82) is 0 Å². The predicted octanol–water partition coefficient (Wildman–Crippen LogP) is 1.33. The van der Waals surface area contributed by atoms with Crippen molar-refractivity contribution >= 4 is 24.3 Å². The Hall–Kier alpha value is -1.29. The molecule has 1 aromatic rings. The van der Waals surface area contributed by atoms with Crippen LogP contribution in [0.4, 0.5) is 10.6 Å². The van der Waals surface area contributed by atoms with Crippen molar-refractivity contribution in [1.82, 2.24) is 4.98 Å². The zero-order valence-electron chi connectivity index (χ0n) is 7.64. The summed E-state index contributed by atoms with van der Waals surface area (Å²) in [5, 5.41) is 0. The van der Waals surface area contributed by atoms with Gasteiger partial charge in [-0.1, -0.05) is 6.07 Å². The third-order valence-electron chi connectivity index (χ3n) is 2.22. The molecule has 1 aromatic heterocycles. The maximum atomic E-state index is 11.0. The van der Waals surface area contributed by atoms with Gasteiger partial charge in [-0.3, -0.25) is 4.90 Å². The number of halogens is 1. The number of hydrogen-bond donors (Lipinski definition) is 1. The van der Waals surface area contributed by atoms with E-state index < -0.39 is 6.03 Å². The standard InChI is InChI=1S/C9H11N3O.ClH/c10-9(13)12-6-2-4-7-3-1-5-11-8(7)12;/h1,3,5H,2,4,6H2,(H2,10,13);1H. The largest absolute Gasteiger partial charge is 0.351 e. The van der Waals surface area contributed by atoms with Crippen LogP contribution in [0.2, 0.25) is 0 Å². The highest BCUT2D eigenvalue weighted by Gasteiger charge is 2.20. The molecule has 2 N–H and O–H groups in total. The van der Waals surface area contributed by atoms with Crippen LogP contribution >= 0.6 is 12.4 Å². The lowest BCUT2D eigenvalue weighted by atomic mass is 10.1. The number of rotatable bonds is 0. The van der Waals surface area contributed by atoms with Crippen molar-refractivity contribution in [2.24, 2.45) is 5.73 Å². The van der Waals surface area contributed by atoms with Gasteiger partial charge in [-0.25, -0.2) is 9.78 Å². The Morgan fingerprint density at radius 1 is 1.57 bits per heavy atom. The third kappa shape index (κ3) is 1.80. The Kier molecular flexibility index (Phi) is 3.30. The normalized spacial score (nSPS) is 14.1. The third-order valence-corrected chi connectivity index (χ3v) is 2.22. The average Bonchev–Trinajstić information content (AvgIpc) is 2.17. The molecule has 4 nitrogen and oxygen atoms in total. The summed E-state index contributed by atoms with van der Waals surface area (Å²) in [7, 11) is 0. The number of primary amides is 1. The fourth-order valence-corrected chi connectivity index (χ4v) is 1.62. The number of nitrogens with two attached hydrogens (primary N) is 1. The van der Waals surface area contributed by atoms with Crippen molar-refractivity contribution in [2.45, 2.75) is 12.8 Å². The van der Waals surface area contributed by atoms with Crippen LogP contribution in [0.25, 0.3) is 0 Å². The first kappa shape index (κ1) is 10.8. The molecule has 2 amide bonds. The molecular formula is C9H12ClN3O. The molecule has 14 heavy (non-hydrogen) atoms. The van der Waals surface area contributed by atoms with Crippen LogP contribution in [0.1, 0.15) is 12.0 Å². The van der Waals surface area contributed by atoms with Crippen LogP contribution in [0.15, 0.2) is 18.3 Å². The molecule has 0 unspecified atom stereocenters. The van der Waals surface area contributed by atoms with Crippen molar-refractivity contribution in [3.8, 4) is 0 Å². The second kappa shape index (κ2) is 4.28. The highest BCUT2D eigenvalue weighted by atomic mass is 35.5. The summed E-state index contributed by atoms with van der Waals surface area (Å²) in [6.45, 7) is 0.680. The summed E-state index contributed by atoms with van der Waals surface area (Å²) in [6.07, 6.45) is 3.62. The van der Waals surface area contributed by atoms with Gasteiger partial charge >= 0.3 is 6.03 Å². The first-order valence-electron chi connectivity index (χ1n) is 4.30. The van der Waals surface area contributed by atoms with Crippen molar-refractivity contribution in [3.63, 3.8) is 0 Å². The molecule has 0 saturated carbocycles. The van der Waals surface area contributed by atoms with Crippen LogP contribution in [0.5, 0.6) is 0 Å². The summed E-state index contributed by atoms with van der Waals surface area (Å²) < 4.78 is 0. The van der Waals surface area contributed by atoms with E-state index in [-0.39, 0.29) is 12.4 Å². The second-order valence-corrected chi connectivity index (χ2v) is 3.08. The summed E-state index contributed by atoms with van der Waals surface area (Å²) in [5.41, 5.74) is 6.33. The van der Waals surface area contributed by atoms with Gasteiger partial charge in [0.25, 0.3) is 0 Å². The number of hydrogen-bond acceptors (Lipinski definition) is 2. The molecule has 0 fully saturated rings. The molecule has 1 aliphatic rings. The minimum atomic E-state index is -0.417. The van der Waals surface area contributed by atoms with Gasteiger partial charge in [-0.05, 0) is 24.5 Å². The molecule has 5 heteroatoms. The fourth-order valence-electron chi connectivity index (χ4n) is 1.62. The molecule has 0 radical (unpaired) electrons. The van der Waals surface area contributed by atoms with Gasteiger partial charge in [0.1, 0.15) is 5.82 Å². The monoisotopic (exact) mass is 213 g/mol. The number of carbonyl (C=O) groups is 1. The molecule has 2 rings (SSSR count). The number of urea groups is 1. The SMILES string of the molecule is Cl.NC(=O)N1CCCc2cccnc21. The van der Waals surface area contributed by atoms with E-state index in [4.69, 9.17) is 5.73 Å². The van der Waals surface area contributed by atoms with E-state index in [9.17, 15) is 4.79 Å². The number of fused-ring (bicyclic) bond motifs is 1. The molecule has 0 bridgehead atoms. The van der Waals surface area contributed by atoms with Crippen LogP contribution in [0.3, 0.4) is 0 Å². The molecule has 76 valence electrons. The number of aromatic nitrogens is 1. The van der Waals surface area contributed by atoms with Crippen LogP contribution < -0.4 is 10.6 Å². The maximum Gasteiger partial charge on any atom is 0.320 e. The molecule has 0 aliphatic carbocycles. The van der Waals surface area contributed by atoms with Crippen molar-refractivity contribution < 1.29 is 4.79 Å². The van der Waals surface area contributed by atoms with E-state index in [1.165, 1.54) is 4.90 Å². The molecular weight excluding hydrogens is 202 g/mol. The van der Waals surface area contributed by atoms with Gasteiger partial charge in [0.05, 0.1) is 0 Å². The van der Waals surface area contributed by atoms with Crippen LogP contribution in [0, 0.1) is 0 Å². The van der Waals surface area contributed by atoms with E-state index in [0.717, 1.165) is 24.2 Å². The van der Waals surface area contributed by atoms with Crippen molar-refractivity contribution in [2.75, 3.05) is 11.4 Å². The second-order valence-electron chi connectivity index (χ2n) is 3.08. The van der Waals surface area contributed by atoms with Crippen LogP contribution in [-0.2, 0) is 6.42 Å². The fraction of sp³-hybridized carbons (Fsp3) is 0.333. The summed E-state index contributed by atoms with van der Waals surface area (Å²) >= 11 is 0. The summed E-state index contributed by atoms with van der Waals surface area (Å²) in [6, 6.07) is 3.44. The topological polar surface area (TPSA) is 59.2 Å². The van der Waals surface area contributed by atoms with Gasteiger partial charge in [0, 0.05) is 12.7 Å². The van der Waals surface area contributed by atoms with Crippen molar-refractivity contribution in [3.05, 3.63) is 23.9 Å². The predicted molar refractivity (Wildman–Crippen MR) is 56.7 cm³/mol. The van der Waals surface area contributed by atoms with Gasteiger partial charge in [0.2, 0.25) is 0 Å². The number of pyridine rings is 1. The first-order valence-corrected chi connectivity index (χ1v) is 4.30. The number of amides is 2. The van der Waals surface area contributed by atoms with E-state index >= 15 is 0 Å². The zero-order chi connectivity index (χ0) is 9.26. The Bertz CT molecular complexity index is 343. The average molecular weight is 214 g/mol. The number of aryl methyl sites for hydroxylation is 1. The Labute approximate surface area is 88.5 Å². The lowest BCUT2D eigenvalue weighted by Gasteiger charge is -2.26. The quantitative estimate of drug-likeness (QED) is 0.707. The summed E-state index contributed by atoms with van der Waals surface area (Å²) in [5.74, 6) is 0.723. The minimum absolute atomic E-state index is 0. The minimum Gasteiger partial charge on any atom is -0.351 e. The molecule has 2 heterocycles. The number of carbonyl (C=O) groups excluding carboxylic acids is 1.